The zero-order chi connectivity index (χ0) is 7.33. The Morgan fingerprint density at radius 3 is 2.11 bits per heavy atom. The molecule has 9 heavy (non-hydrogen) atoms. The lowest BCUT2D eigenvalue weighted by Gasteiger charge is -2.15. The monoisotopic (exact) mass is 241 g/mol. The highest BCUT2D eigenvalue weighted by atomic mass is 127. The predicted octanol–water partition coefficient (Wildman–Crippen LogP) is -0.468. The number of hydrogen-bond acceptors (Lipinski definition) is 0. The van der Waals surface area contributed by atoms with Crippen molar-refractivity contribution in [1.29, 1.82) is 0 Å². The lowest BCUT2D eigenvalue weighted by atomic mass is 9.91. The van der Waals surface area contributed by atoms with Crippen molar-refractivity contribution in [2.24, 2.45) is 5.41 Å². The van der Waals surface area contributed by atoms with E-state index >= 15 is 0 Å². The molecule has 0 atom stereocenters. The molecule has 0 bridgehead atoms. The highest BCUT2D eigenvalue weighted by Gasteiger charge is 2.10. The minimum atomic E-state index is 0.553. The normalized spacial score (nSPS) is 12.0. The van der Waals surface area contributed by atoms with Crippen LogP contribution in [0.2, 0.25) is 0 Å². The van der Waals surface area contributed by atoms with Gasteiger partial charge in [0.25, 0.3) is 21.2 Å². The number of hydrogen-bond donors (Lipinski definition) is 0. The first-order valence-corrected chi connectivity index (χ1v) is 7.18. The molecule has 0 rings (SSSR count). The molecule has 56 valence electrons. The summed E-state index contributed by atoms with van der Waals surface area (Å²) >= 11 is 0.553. The van der Waals surface area contributed by atoms with E-state index in [1.165, 1.54) is 17.3 Å². The molecule has 0 heterocycles. The van der Waals surface area contributed by atoms with Crippen molar-refractivity contribution in [2.45, 2.75) is 33.6 Å². The molecule has 0 aliphatic heterocycles. The second-order valence-corrected chi connectivity index (χ2v) is 6.22. The van der Waals surface area contributed by atoms with Gasteiger partial charge in [0.15, 0.2) is 0 Å². The standard InChI is InChI=1S/C8H18I/c1-8(2,3)6-5-7-9-4/h5-7H2,1-4H3/q+1. The highest BCUT2D eigenvalue weighted by Crippen LogP contribution is 2.19. The van der Waals surface area contributed by atoms with Gasteiger partial charge in [-0.05, 0) is 18.3 Å². The fourth-order valence-electron chi connectivity index (χ4n) is 0.731. The first-order chi connectivity index (χ1) is 4.06. The highest BCUT2D eigenvalue weighted by molar-refractivity contribution is 4.59. The van der Waals surface area contributed by atoms with E-state index in [1.807, 2.05) is 0 Å². The van der Waals surface area contributed by atoms with E-state index in [0.717, 1.165) is 0 Å². The van der Waals surface area contributed by atoms with Crippen molar-refractivity contribution in [1.82, 2.24) is 0 Å². The summed E-state index contributed by atoms with van der Waals surface area (Å²) in [5, 5.41) is 0. The molecule has 0 radical (unpaired) electrons. The lowest BCUT2D eigenvalue weighted by molar-refractivity contribution is -0.627. The van der Waals surface area contributed by atoms with E-state index < -0.39 is 0 Å². The molecule has 0 unspecified atom stereocenters. The van der Waals surface area contributed by atoms with E-state index in [4.69, 9.17) is 0 Å². The van der Waals surface area contributed by atoms with E-state index in [2.05, 4.69) is 25.7 Å². The molecule has 0 N–H and O–H groups in total. The van der Waals surface area contributed by atoms with Crippen molar-refractivity contribution in [3.05, 3.63) is 0 Å². The molecule has 0 nitrogen and oxygen atoms in total. The third-order valence-corrected chi connectivity index (χ3v) is 3.09. The maximum Gasteiger partial charge on any atom is 0.265 e. The maximum absolute atomic E-state index is 2.36. The molecule has 0 fully saturated rings. The van der Waals surface area contributed by atoms with Gasteiger partial charge in [-0.15, -0.1) is 0 Å². The minimum absolute atomic E-state index is 0.553. The molecular weight excluding hydrogens is 223 g/mol. The Morgan fingerprint density at radius 1 is 1.22 bits per heavy atom. The summed E-state index contributed by atoms with van der Waals surface area (Å²) in [6.07, 6.45) is 2.86. The Hall–Kier alpha value is 0.730. The summed E-state index contributed by atoms with van der Waals surface area (Å²) in [5.74, 6) is 0. The van der Waals surface area contributed by atoms with Gasteiger partial charge in [0.1, 0.15) is 9.36 Å². The van der Waals surface area contributed by atoms with Gasteiger partial charge in [0.05, 0.1) is 0 Å². The number of rotatable bonds is 3. The number of alkyl halides is 2. The van der Waals surface area contributed by atoms with E-state index in [0.29, 0.717) is 26.6 Å². The molecule has 0 aromatic rings. The molecule has 0 aromatic heterocycles. The van der Waals surface area contributed by atoms with Crippen LogP contribution < -0.4 is 21.2 Å². The topological polar surface area (TPSA) is 0 Å². The average molecular weight is 241 g/mol. The van der Waals surface area contributed by atoms with Gasteiger partial charge < -0.3 is 0 Å². The third kappa shape index (κ3) is 8.73. The molecule has 0 aromatic carbocycles. The fraction of sp³-hybridized carbons (Fsp3) is 1.00. The van der Waals surface area contributed by atoms with Crippen molar-refractivity contribution >= 4 is 0 Å². The Morgan fingerprint density at radius 2 is 1.78 bits per heavy atom. The van der Waals surface area contributed by atoms with Crippen LogP contribution >= 0.6 is 0 Å². The summed E-state index contributed by atoms with van der Waals surface area (Å²) in [6.45, 7) is 6.96. The Labute approximate surface area is 69.7 Å². The van der Waals surface area contributed by atoms with Crippen molar-refractivity contribution in [2.75, 3.05) is 9.36 Å². The second kappa shape index (κ2) is 4.53. The van der Waals surface area contributed by atoms with Gasteiger partial charge in [-0.25, -0.2) is 0 Å². The van der Waals surface area contributed by atoms with Gasteiger partial charge in [-0.1, -0.05) is 20.8 Å². The van der Waals surface area contributed by atoms with Crippen LogP contribution in [0, 0.1) is 5.41 Å². The molecular formula is C8H18I+. The van der Waals surface area contributed by atoms with Crippen LogP contribution in [0.25, 0.3) is 0 Å². The van der Waals surface area contributed by atoms with E-state index in [9.17, 15) is 0 Å². The van der Waals surface area contributed by atoms with Crippen LogP contribution in [0.3, 0.4) is 0 Å². The van der Waals surface area contributed by atoms with Crippen molar-refractivity contribution in [3.8, 4) is 0 Å². The quantitative estimate of drug-likeness (QED) is 0.356. The van der Waals surface area contributed by atoms with Crippen LogP contribution in [0.5, 0.6) is 0 Å². The molecule has 0 aliphatic carbocycles. The molecule has 0 saturated heterocycles. The summed E-state index contributed by atoms with van der Waals surface area (Å²) < 4.78 is 1.51. The Kier molecular flexibility index (Phi) is 4.90. The van der Waals surface area contributed by atoms with Gasteiger partial charge in [-0.3, -0.25) is 0 Å². The molecule has 0 amide bonds. The third-order valence-electron chi connectivity index (χ3n) is 1.25. The Balaban J connectivity index is 3.07. The smallest absolute Gasteiger partial charge is 0.0602 e. The second-order valence-electron chi connectivity index (χ2n) is 3.62. The minimum Gasteiger partial charge on any atom is -0.0602 e. The van der Waals surface area contributed by atoms with Gasteiger partial charge in [-0.2, -0.15) is 0 Å². The fourth-order valence-corrected chi connectivity index (χ4v) is 1.87. The van der Waals surface area contributed by atoms with E-state index in [1.54, 1.807) is 0 Å². The van der Waals surface area contributed by atoms with Crippen LogP contribution in [0.1, 0.15) is 33.6 Å². The van der Waals surface area contributed by atoms with E-state index in [-0.39, 0.29) is 0 Å². The van der Waals surface area contributed by atoms with Crippen LogP contribution in [0.4, 0.5) is 0 Å². The predicted molar refractivity (Wildman–Crippen MR) is 39.5 cm³/mol. The molecule has 0 aliphatic rings. The van der Waals surface area contributed by atoms with Crippen molar-refractivity contribution in [3.63, 3.8) is 0 Å². The van der Waals surface area contributed by atoms with Crippen LogP contribution in [-0.2, 0) is 0 Å². The summed E-state index contributed by atoms with van der Waals surface area (Å²) in [7, 11) is 0. The largest absolute Gasteiger partial charge is 0.265 e. The zero-order valence-corrected chi connectivity index (χ0v) is 9.16. The first-order valence-electron chi connectivity index (χ1n) is 3.50. The van der Waals surface area contributed by atoms with Crippen LogP contribution in [-0.4, -0.2) is 9.36 Å². The van der Waals surface area contributed by atoms with Gasteiger partial charge in [0.2, 0.25) is 0 Å². The summed E-state index contributed by atoms with van der Waals surface area (Å²) in [4.78, 5) is 2.36. The molecule has 0 spiro atoms. The number of halogens is 1. The summed E-state index contributed by atoms with van der Waals surface area (Å²) in [5.41, 5.74) is 0.568. The van der Waals surface area contributed by atoms with Gasteiger partial charge >= 0.3 is 0 Å². The Bertz CT molecular complexity index is 61.5. The molecule has 1 heteroatoms. The lowest BCUT2D eigenvalue weighted by Crippen LogP contribution is -3.61. The molecule has 0 saturated carbocycles. The maximum atomic E-state index is 2.36. The summed E-state index contributed by atoms with van der Waals surface area (Å²) in [6, 6.07) is 0. The van der Waals surface area contributed by atoms with Gasteiger partial charge in [0, 0.05) is 0 Å². The van der Waals surface area contributed by atoms with Crippen molar-refractivity contribution < 1.29 is 21.2 Å². The average Bonchev–Trinajstić information content (AvgIpc) is 1.63. The SMILES string of the molecule is C[I+]CCCC(C)(C)C. The van der Waals surface area contributed by atoms with Crippen LogP contribution in [0.15, 0.2) is 0 Å². The first kappa shape index (κ1) is 9.73. The zero-order valence-electron chi connectivity index (χ0n) is 7.00.